The first kappa shape index (κ1) is 38.0. The standard InChI is InChI=1S/C59H44N4/c1-38-18-28-55-48(32-38)46-14-8-10-16-50(46)59(52-34-40(3)20-30-57(52)63(44-12-6-5-7-13-44)58-31-21-41(4)35-53(58)59)51-17-11-9-15-47(51)49-33-39(2)19-29-56(49)62(55)45-25-23-43(24-26-45)54-27-22-42(36-60)37-61-54/h5-35,37H,1-4H3. The summed E-state index contributed by atoms with van der Waals surface area (Å²) in [6.45, 7) is 8.85. The second-order valence-electron chi connectivity index (χ2n) is 17.0. The Labute approximate surface area is 369 Å². The van der Waals surface area contributed by atoms with Gasteiger partial charge in [-0.3, -0.25) is 4.98 Å². The molecule has 0 atom stereocenters. The van der Waals surface area contributed by atoms with Gasteiger partial charge in [-0.25, -0.2) is 0 Å². The van der Waals surface area contributed by atoms with Crippen LogP contribution in [0.3, 0.4) is 0 Å². The molecule has 9 aromatic rings. The molecule has 0 unspecified atom stereocenters. The topological polar surface area (TPSA) is 43.2 Å². The fraction of sp³-hybridized carbons (Fsp3) is 0.0847. The number of fused-ring (bicyclic) bond motifs is 12. The van der Waals surface area contributed by atoms with Crippen LogP contribution in [0.2, 0.25) is 0 Å². The number of benzene rings is 8. The van der Waals surface area contributed by atoms with Gasteiger partial charge in [0.15, 0.2) is 0 Å². The summed E-state index contributed by atoms with van der Waals surface area (Å²) in [5, 5.41) is 9.41. The largest absolute Gasteiger partial charge is 0.310 e. The van der Waals surface area contributed by atoms with Gasteiger partial charge in [-0.15, -0.1) is 0 Å². The lowest BCUT2D eigenvalue weighted by atomic mass is 9.59. The number of rotatable bonds is 3. The molecule has 0 bridgehead atoms. The third kappa shape index (κ3) is 6.00. The third-order valence-electron chi connectivity index (χ3n) is 13.0. The normalized spacial score (nSPS) is 13.1. The van der Waals surface area contributed by atoms with Gasteiger partial charge in [-0.1, -0.05) is 138 Å². The summed E-state index contributed by atoms with van der Waals surface area (Å²) in [6, 6.07) is 71.6. The van der Waals surface area contributed by atoms with Crippen LogP contribution in [-0.4, -0.2) is 4.98 Å². The number of hydrogen-bond acceptors (Lipinski definition) is 4. The van der Waals surface area contributed by atoms with Gasteiger partial charge < -0.3 is 9.80 Å². The molecule has 0 saturated carbocycles. The van der Waals surface area contributed by atoms with Crippen LogP contribution in [0, 0.1) is 39.0 Å². The van der Waals surface area contributed by atoms with Crippen LogP contribution in [0.1, 0.15) is 50.1 Å². The average Bonchev–Trinajstić information content (AvgIpc) is 3.32. The van der Waals surface area contributed by atoms with Crippen molar-refractivity contribution in [2.75, 3.05) is 9.80 Å². The van der Waals surface area contributed by atoms with Crippen LogP contribution in [0.4, 0.5) is 34.1 Å². The molecule has 4 heteroatoms. The van der Waals surface area contributed by atoms with E-state index in [-0.39, 0.29) is 0 Å². The number of nitrogens with zero attached hydrogens (tertiary/aromatic N) is 4. The highest BCUT2D eigenvalue weighted by Crippen LogP contribution is 2.62. The summed E-state index contributed by atoms with van der Waals surface area (Å²) in [5.41, 5.74) is 22.7. The van der Waals surface area contributed by atoms with Crippen LogP contribution in [0.25, 0.3) is 33.5 Å². The number of pyridine rings is 1. The minimum absolute atomic E-state index is 0.545. The fourth-order valence-corrected chi connectivity index (χ4v) is 10.2. The molecule has 300 valence electrons. The van der Waals surface area contributed by atoms with Gasteiger partial charge >= 0.3 is 0 Å². The van der Waals surface area contributed by atoms with E-state index >= 15 is 0 Å². The highest BCUT2D eigenvalue weighted by molar-refractivity contribution is 6.00. The summed E-state index contributed by atoms with van der Waals surface area (Å²) < 4.78 is 0. The molecular weight excluding hydrogens is 765 g/mol. The molecule has 0 amide bonds. The van der Waals surface area contributed by atoms with E-state index in [9.17, 15) is 5.26 Å². The van der Waals surface area contributed by atoms with Crippen molar-refractivity contribution in [3.05, 3.63) is 244 Å². The lowest BCUT2D eigenvalue weighted by Crippen LogP contribution is -2.39. The third-order valence-corrected chi connectivity index (χ3v) is 13.0. The Morgan fingerprint density at radius 1 is 0.413 bits per heavy atom. The molecule has 1 spiro atoms. The Hall–Kier alpha value is -8.00. The lowest BCUT2D eigenvalue weighted by Gasteiger charge is -2.48. The van der Waals surface area contributed by atoms with Crippen molar-refractivity contribution < 1.29 is 0 Å². The molecule has 2 aliphatic heterocycles. The maximum Gasteiger partial charge on any atom is 0.101 e. The van der Waals surface area contributed by atoms with Crippen LogP contribution in [0.15, 0.2) is 194 Å². The van der Waals surface area contributed by atoms with Crippen molar-refractivity contribution in [1.29, 1.82) is 5.26 Å². The molecule has 63 heavy (non-hydrogen) atoms. The van der Waals surface area contributed by atoms with Gasteiger partial charge in [-0.2, -0.15) is 5.26 Å². The van der Waals surface area contributed by atoms with Crippen molar-refractivity contribution in [1.82, 2.24) is 4.98 Å². The van der Waals surface area contributed by atoms with E-state index in [2.05, 4.69) is 224 Å². The summed E-state index contributed by atoms with van der Waals surface area (Å²) >= 11 is 0. The molecule has 0 aliphatic carbocycles. The molecular formula is C59H44N4. The van der Waals surface area contributed by atoms with Gasteiger partial charge in [0, 0.05) is 34.3 Å². The Bertz CT molecular complexity index is 3130. The van der Waals surface area contributed by atoms with Crippen molar-refractivity contribution in [2.45, 2.75) is 33.1 Å². The summed E-state index contributed by atoms with van der Waals surface area (Å²) in [6.07, 6.45) is 1.64. The molecule has 0 saturated heterocycles. The number of para-hydroxylation sites is 1. The molecule has 0 N–H and O–H groups in total. The second-order valence-corrected chi connectivity index (χ2v) is 17.0. The average molecular weight is 809 g/mol. The minimum atomic E-state index is -0.749. The van der Waals surface area contributed by atoms with Gasteiger partial charge in [-0.05, 0) is 134 Å². The quantitative estimate of drug-likeness (QED) is 0.178. The second kappa shape index (κ2) is 14.9. The highest BCUT2D eigenvalue weighted by atomic mass is 15.2. The van der Waals surface area contributed by atoms with Gasteiger partial charge in [0.05, 0.1) is 39.4 Å². The molecule has 0 fully saturated rings. The van der Waals surface area contributed by atoms with Crippen molar-refractivity contribution in [2.24, 2.45) is 0 Å². The predicted molar refractivity (Wildman–Crippen MR) is 259 cm³/mol. The van der Waals surface area contributed by atoms with E-state index in [1.807, 2.05) is 12.1 Å². The maximum absolute atomic E-state index is 9.41. The Morgan fingerprint density at radius 3 is 1.38 bits per heavy atom. The highest BCUT2D eigenvalue weighted by Gasteiger charge is 2.49. The van der Waals surface area contributed by atoms with E-state index in [1.54, 1.807) is 6.20 Å². The molecule has 2 aliphatic rings. The molecule has 3 heterocycles. The first-order valence-corrected chi connectivity index (χ1v) is 21.6. The monoisotopic (exact) mass is 808 g/mol. The van der Waals surface area contributed by atoms with Gasteiger partial charge in [0.2, 0.25) is 0 Å². The van der Waals surface area contributed by atoms with E-state index < -0.39 is 5.41 Å². The molecule has 4 nitrogen and oxygen atoms in total. The lowest BCUT2D eigenvalue weighted by molar-refractivity contribution is 0.732. The van der Waals surface area contributed by atoms with Crippen molar-refractivity contribution >= 4 is 34.1 Å². The minimum Gasteiger partial charge on any atom is -0.310 e. The van der Waals surface area contributed by atoms with Gasteiger partial charge in [0.1, 0.15) is 6.07 Å². The van der Waals surface area contributed by atoms with Crippen LogP contribution in [0.5, 0.6) is 0 Å². The van der Waals surface area contributed by atoms with Crippen LogP contribution >= 0.6 is 0 Å². The first-order chi connectivity index (χ1) is 30.8. The van der Waals surface area contributed by atoms with E-state index in [1.165, 1.54) is 55.6 Å². The zero-order valence-corrected chi connectivity index (χ0v) is 35.8. The molecule has 8 aromatic carbocycles. The SMILES string of the molecule is Cc1ccc2c(c1)-c1ccccc1C1(c3ccccc3-c3cc(C)ccc3N2c2ccc(-c3ccc(C#N)cn3)cc2)c2cc(C)ccc2N(c2ccccc2)c2ccc(C)cc21. The number of aromatic nitrogens is 1. The van der Waals surface area contributed by atoms with Gasteiger partial charge in [0.25, 0.3) is 0 Å². The van der Waals surface area contributed by atoms with E-state index in [4.69, 9.17) is 0 Å². The van der Waals surface area contributed by atoms with E-state index in [0.717, 1.165) is 56.5 Å². The van der Waals surface area contributed by atoms with Crippen LogP contribution < -0.4 is 9.80 Å². The first-order valence-electron chi connectivity index (χ1n) is 21.6. The smallest absolute Gasteiger partial charge is 0.101 e. The molecule has 11 rings (SSSR count). The number of anilines is 6. The van der Waals surface area contributed by atoms with E-state index in [0.29, 0.717) is 5.56 Å². The summed E-state index contributed by atoms with van der Waals surface area (Å²) in [7, 11) is 0. The van der Waals surface area contributed by atoms with Crippen molar-refractivity contribution in [3.63, 3.8) is 0 Å². The molecule has 0 radical (unpaired) electrons. The maximum atomic E-state index is 9.41. The summed E-state index contributed by atoms with van der Waals surface area (Å²) in [5.74, 6) is 0. The number of nitriles is 1. The Balaban J connectivity index is 1.28. The zero-order valence-electron chi connectivity index (χ0n) is 35.8. The van der Waals surface area contributed by atoms with Crippen LogP contribution in [-0.2, 0) is 5.41 Å². The number of hydrogen-bond donors (Lipinski definition) is 0. The Morgan fingerprint density at radius 2 is 0.873 bits per heavy atom. The predicted octanol–water partition coefficient (Wildman–Crippen LogP) is 15.1. The Kier molecular flexibility index (Phi) is 8.96. The number of aryl methyl sites for hydroxylation is 4. The van der Waals surface area contributed by atoms with Crippen molar-refractivity contribution in [3.8, 4) is 39.6 Å². The fourth-order valence-electron chi connectivity index (χ4n) is 10.2. The summed E-state index contributed by atoms with van der Waals surface area (Å²) in [4.78, 5) is 9.53. The molecule has 1 aromatic heterocycles. The zero-order chi connectivity index (χ0) is 42.8.